The Morgan fingerprint density at radius 1 is 1.14 bits per heavy atom. The molecule has 2 heterocycles. The minimum Gasteiger partial charge on any atom is -0.497 e. The van der Waals surface area contributed by atoms with Crippen molar-refractivity contribution in [3.05, 3.63) is 77.7 Å². The summed E-state index contributed by atoms with van der Waals surface area (Å²) in [5.41, 5.74) is 2.77. The number of amides is 1. The summed E-state index contributed by atoms with van der Waals surface area (Å²) in [5, 5.41) is -0.417. The predicted octanol–water partition coefficient (Wildman–Crippen LogP) is 4.55. The summed E-state index contributed by atoms with van der Waals surface area (Å²) in [5.74, 6) is 0.873. The number of methoxy groups -OCH3 is 1. The summed E-state index contributed by atoms with van der Waals surface area (Å²) in [4.78, 5) is 30.7. The van der Waals surface area contributed by atoms with E-state index >= 15 is 0 Å². The number of hydrogen-bond donors (Lipinski definition) is 0. The molecular formula is C27H30N2O5S. The first kappa shape index (κ1) is 24.9. The second-order valence-corrected chi connectivity index (χ2v) is 9.88. The summed E-state index contributed by atoms with van der Waals surface area (Å²) >= 11 is 1.54. The van der Waals surface area contributed by atoms with Crippen LogP contribution in [0.25, 0.3) is 0 Å². The molecule has 1 aromatic heterocycles. The van der Waals surface area contributed by atoms with Crippen LogP contribution in [0.4, 0.5) is 5.69 Å². The molecule has 0 aliphatic carbocycles. The molecule has 4 rings (SSSR count). The van der Waals surface area contributed by atoms with Crippen LogP contribution in [-0.4, -0.2) is 57.2 Å². The Morgan fingerprint density at radius 3 is 2.54 bits per heavy atom. The third-order valence-electron chi connectivity index (χ3n) is 5.82. The number of benzene rings is 2. The van der Waals surface area contributed by atoms with E-state index in [1.807, 2.05) is 67.5 Å². The first-order chi connectivity index (χ1) is 16.9. The van der Waals surface area contributed by atoms with Gasteiger partial charge in [0.2, 0.25) is 0 Å². The second-order valence-electron chi connectivity index (χ2n) is 8.69. The Bertz CT molecular complexity index is 1160. The van der Waals surface area contributed by atoms with Crippen LogP contribution in [0.2, 0.25) is 0 Å². The second kappa shape index (κ2) is 11.0. The number of carbonyl (C=O) groups excluding carboxylic acids is 2. The zero-order valence-corrected chi connectivity index (χ0v) is 21.2. The summed E-state index contributed by atoms with van der Waals surface area (Å²) in [6.07, 6.45) is 1.35. The fourth-order valence-electron chi connectivity index (χ4n) is 4.06. The first-order valence-corrected chi connectivity index (χ1v) is 12.3. The smallest absolute Gasteiger partial charge is 0.303 e. The van der Waals surface area contributed by atoms with E-state index in [-0.39, 0.29) is 5.91 Å². The van der Waals surface area contributed by atoms with Crippen LogP contribution < -0.4 is 9.64 Å². The summed E-state index contributed by atoms with van der Waals surface area (Å²) in [6.45, 7) is 2.49. The molecule has 184 valence electrons. The summed E-state index contributed by atoms with van der Waals surface area (Å²) < 4.78 is 16.5. The largest absolute Gasteiger partial charge is 0.497 e. The Morgan fingerprint density at radius 2 is 1.91 bits per heavy atom. The minimum absolute atomic E-state index is 0.229. The lowest BCUT2D eigenvalue weighted by Crippen LogP contribution is -2.45. The van der Waals surface area contributed by atoms with Gasteiger partial charge in [0.15, 0.2) is 6.10 Å². The number of esters is 1. The molecule has 1 amide bonds. The van der Waals surface area contributed by atoms with Crippen molar-refractivity contribution in [2.24, 2.45) is 0 Å². The molecule has 0 saturated carbocycles. The highest BCUT2D eigenvalue weighted by Crippen LogP contribution is 2.47. The molecule has 2 aromatic carbocycles. The molecule has 0 N–H and O–H groups in total. The van der Waals surface area contributed by atoms with Crippen molar-refractivity contribution >= 4 is 29.3 Å². The Balaban J connectivity index is 1.78. The molecule has 2 atom stereocenters. The van der Waals surface area contributed by atoms with Crippen LogP contribution in [0.1, 0.15) is 29.1 Å². The van der Waals surface area contributed by atoms with Crippen LogP contribution in [0.3, 0.4) is 0 Å². The van der Waals surface area contributed by atoms with Gasteiger partial charge < -0.3 is 23.7 Å². The Labute approximate surface area is 210 Å². The van der Waals surface area contributed by atoms with Crippen molar-refractivity contribution in [2.75, 3.05) is 39.2 Å². The quantitative estimate of drug-likeness (QED) is 0.425. The number of rotatable bonds is 8. The fraction of sp³-hybridized carbons (Fsp3) is 0.333. The van der Waals surface area contributed by atoms with Crippen molar-refractivity contribution in [3.63, 3.8) is 0 Å². The zero-order valence-electron chi connectivity index (χ0n) is 20.4. The van der Waals surface area contributed by atoms with Crippen LogP contribution in [0.5, 0.6) is 5.75 Å². The van der Waals surface area contributed by atoms with Crippen LogP contribution in [-0.2, 0) is 20.7 Å². The van der Waals surface area contributed by atoms with Gasteiger partial charge in [-0.05, 0) is 61.6 Å². The number of nitrogens with zero attached hydrogens (tertiary/aromatic N) is 2. The average molecular weight is 495 g/mol. The van der Waals surface area contributed by atoms with Gasteiger partial charge in [-0.25, -0.2) is 0 Å². The summed E-state index contributed by atoms with van der Waals surface area (Å²) in [6, 6.07) is 17.5. The van der Waals surface area contributed by atoms with Crippen molar-refractivity contribution in [1.82, 2.24) is 4.90 Å². The highest BCUT2D eigenvalue weighted by Gasteiger charge is 2.40. The van der Waals surface area contributed by atoms with Gasteiger partial charge in [0, 0.05) is 31.3 Å². The third kappa shape index (κ3) is 5.89. The first-order valence-electron chi connectivity index (χ1n) is 11.4. The molecule has 3 aromatic rings. The maximum Gasteiger partial charge on any atom is 0.303 e. The van der Waals surface area contributed by atoms with Crippen molar-refractivity contribution in [1.29, 1.82) is 0 Å². The number of anilines is 1. The SMILES string of the molecule is COc1ccc(C2Sc3cc(Cc4ccco4)ccc3N(CCN(C)C)C(=O)C2OC(C)=O)cc1. The Hall–Kier alpha value is -3.23. The highest BCUT2D eigenvalue weighted by atomic mass is 32.2. The number of ether oxygens (including phenoxy) is 2. The van der Waals surface area contributed by atoms with Crippen LogP contribution in [0, 0.1) is 0 Å². The monoisotopic (exact) mass is 494 g/mol. The van der Waals surface area contributed by atoms with E-state index < -0.39 is 17.3 Å². The van der Waals surface area contributed by atoms with Crippen molar-refractivity contribution in [3.8, 4) is 5.75 Å². The van der Waals surface area contributed by atoms with Gasteiger partial charge in [-0.2, -0.15) is 0 Å². The van der Waals surface area contributed by atoms with Gasteiger partial charge >= 0.3 is 5.97 Å². The van der Waals surface area contributed by atoms with Crippen LogP contribution in [0.15, 0.2) is 70.2 Å². The normalized spacial score (nSPS) is 17.7. The molecule has 0 spiro atoms. The molecule has 35 heavy (non-hydrogen) atoms. The van der Waals surface area contributed by atoms with Gasteiger partial charge in [0.05, 0.1) is 24.3 Å². The zero-order chi connectivity index (χ0) is 24.9. The third-order valence-corrected chi connectivity index (χ3v) is 7.17. The molecule has 8 heteroatoms. The van der Waals surface area contributed by atoms with E-state index in [1.54, 1.807) is 18.3 Å². The van der Waals surface area contributed by atoms with Crippen LogP contribution >= 0.6 is 11.8 Å². The lowest BCUT2D eigenvalue weighted by atomic mass is 10.0. The van der Waals surface area contributed by atoms with E-state index in [4.69, 9.17) is 13.9 Å². The molecule has 0 fully saturated rings. The molecule has 7 nitrogen and oxygen atoms in total. The molecule has 0 radical (unpaired) electrons. The van der Waals surface area contributed by atoms with E-state index in [2.05, 4.69) is 6.07 Å². The highest BCUT2D eigenvalue weighted by molar-refractivity contribution is 7.99. The molecule has 1 aliphatic heterocycles. The fourth-order valence-corrected chi connectivity index (χ4v) is 5.44. The average Bonchev–Trinajstić information content (AvgIpc) is 3.31. The summed E-state index contributed by atoms with van der Waals surface area (Å²) in [7, 11) is 5.54. The maximum atomic E-state index is 13.9. The van der Waals surface area contributed by atoms with Gasteiger partial charge in [-0.1, -0.05) is 18.2 Å². The Kier molecular flexibility index (Phi) is 7.83. The lowest BCUT2D eigenvalue weighted by Gasteiger charge is -2.28. The van der Waals surface area contributed by atoms with E-state index in [0.29, 0.717) is 19.5 Å². The molecule has 0 bridgehead atoms. The van der Waals surface area contributed by atoms with Gasteiger partial charge in [0.1, 0.15) is 11.5 Å². The lowest BCUT2D eigenvalue weighted by molar-refractivity contribution is -0.152. The predicted molar refractivity (Wildman–Crippen MR) is 136 cm³/mol. The van der Waals surface area contributed by atoms with Gasteiger partial charge in [0.25, 0.3) is 5.91 Å². The van der Waals surface area contributed by atoms with Crippen molar-refractivity contribution in [2.45, 2.75) is 29.6 Å². The topological polar surface area (TPSA) is 72.2 Å². The van der Waals surface area contributed by atoms with E-state index in [0.717, 1.165) is 33.2 Å². The van der Waals surface area contributed by atoms with Gasteiger partial charge in [-0.15, -0.1) is 11.8 Å². The standard InChI is InChI=1S/C27H30N2O5S/c1-18(30)34-25-26(20-8-10-21(32-4)11-9-20)35-24-17-19(16-22-6-5-15-33-22)7-12-23(24)29(27(25)31)14-13-28(2)3/h5-12,15,17,25-26H,13-14,16H2,1-4H3. The molecule has 0 saturated heterocycles. The number of carbonyl (C=O) groups is 2. The van der Waals surface area contributed by atoms with Crippen molar-refractivity contribution < 1.29 is 23.5 Å². The molecule has 1 aliphatic rings. The minimum atomic E-state index is -0.964. The number of thioether (sulfide) groups is 1. The number of hydrogen-bond acceptors (Lipinski definition) is 7. The maximum absolute atomic E-state index is 13.9. The van der Waals surface area contributed by atoms with Gasteiger partial charge in [-0.3, -0.25) is 9.59 Å². The number of fused-ring (bicyclic) bond motifs is 1. The van der Waals surface area contributed by atoms with E-state index in [1.165, 1.54) is 18.7 Å². The number of likely N-dealkylation sites (N-methyl/N-ethyl adjacent to an activating group) is 1. The number of furan rings is 1. The molecular weight excluding hydrogens is 464 g/mol. The van der Waals surface area contributed by atoms with E-state index in [9.17, 15) is 9.59 Å². The molecule has 2 unspecified atom stereocenters.